The molecule has 0 spiro atoms. The highest BCUT2D eigenvalue weighted by atomic mass is 14.2. The van der Waals surface area contributed by atoms with E-state index in [0.29, 0.717) is 0 Å². The van der Waals surface area contributed by atoms with Crippen LogP contribution in [0.4, 0.5) is 0 Å². The molecule has 0 radical (unpaired) electrons. The fourth-order valence-corrected chi connectivity index (χ4v) is 0.562. The van der Waals surface area contributed by atoms with Gasteiger partial charge in [-0.15, -0.1) is 0 Å². The fourth-order valence-electron chi connectivity index (χ4n) is 0.562. The third kappa shape index (κ3) is 0.618. The van der Waals surface area contributed by atoms with Crippen molar-refractivity contribution in [3.8, 4) is 0 Å². The zero-order valence-electron chi connectivity index (χ0n) is 4.41. The van der Waals surface area contributed by atoms with Crippen LogP contribution in [0, 0.1) is 0 Å². The lowest BCUT2D eigenvalue weighted by Gasteiger charge is -1.76. The van der Waals surface area contributed by atoms with Gasteiger partial charge in [-0.25, -0.2) is 0 Å². The van der Waals surface area contributed by atoms with Gasteiger partial charge >= 0.3 is 0 Å². The van der Waals surface area contributed by atoms with Crippen molar-refractivity contribution in [3.63, 3.8) is 0 Å². The molecule has 0 nitrogen and oxygen atoms in total. The lowest BCUT2D eigenvalue weighted by molar-refractivity contribution is 1.36. The summed E-state index contributed by atoms with van der Waals surface area (Å²) in [5.41, 5.74) is 3.21. The van der Waals surface area contributed by atoms with Crippen LogP contribution >= 0.6 is 0 Å². The van der Waals surface area contributed by atoms with Crippen LogP contribution in [0.1, 0.15) is 26.7 Å². The van der Waals surface area contributed by atoms with Crippen LogP contribution in [-0.2, 0) is 0 Å². The predicted octanol–water partition coefficient (Wildman–Crippen LogP) is 2.12. The van der Waals surface area contributed by atoms with Crippen molar-refractivity contribution < 1.29 is 0 Å². The lowest BCUT2D eigenvalue weighted by atomic mass is 10.3. The molecule has 1 aliphatic rings. The Balaban J connectivity index is 2.61. The number of hydrogen-bond donors (Lipinski definition) is 0. The molecule has 34 valence electrons. The monoisotopic (exact) mass is 82.1 g/mol. The molecule has 0 aliphatic heterocycles. The van der Waals surface area contributed by atoms with Gasteiger partial charge in [0.15, 0.2) is 0 Å². The van der Waals surface area contributed by atoms with E-state index in [1.54, 1.807) is 5.57 Å². The molecule has 0 aromatic carbocycles. The molecular formula is C6H10. The van der Waals surface area contributed by atoms with E-state index in [0.717, 1.165) is 0 Å². The highest BCUT2D eigenvalue weighted by molar-refractivity contribution is 5.21. The summed E-state index contributed by atoms with van der Waals surface area (Å²) in [5, 5.41) is 0. The molecule has 0 amide bonds. The summed E-state index contributed by atoms with van der Waals surface area (Å²) in [7, 11) is 0. The van der Waals surface area contributed by atoms with Crippen molar-refractivity contribution >= 4 is 0 Å². The summed E-state index contributed by atoms with van der Waals surface area (Å²) in [5.74, 6) is 0. The minimum atomic E-state index is 1.38. The topological polar surface area (TPSA) is 0 Å². The Morgan fingerprint density at radius 1 is 1.33 bits per heavy atom. The van der Waals surface area contributed by atoms with Crippen molar-refractivity contribution in [3.05, 3.63) is 11.1 Å². The van der Waals surface area contributed by atoms with Crippen molar-refractivity contribution in [2.24, 2.45) is 0 Å². The quantitative estimate of drug-likeness (QED) is 0.393. The van der Waals surface area contributed by atoms with E-state index in [2.05, 4.69) is 13.8 Å². The molecule has 0 heteroatoms. The second-order valence-corrected chi connectivity index (χ2v) is 2.10. The van der Waals surface area contributed by atoms with E-state index in [1.165, 1.54) is 18.4 Å². The molecule has 6 heavy (non-hydrogen) atoms. The van der Waals surface area contributed by atoms with Gasteiger partial charge in [-0.2, -0.15) is 0 Å². The van der Waals surface area contributed by atoms with Gasteiger partial charge in [-0.3, -0.25) is 0 Å². The molecule has 0 aromatic heterocycles. The minimum absolute atomic E-state index is 1.38. The zero-order chi connectivity index (χ0) is 4.57. The van der Waals surface area contributed by atoms with Gasteiger partial charge in [0.25, 0.3) is 0 Å². The van der Waals surface area contributed by atoms with Gasteiger partial charge in [0.2, 0.25) is 0 Å². The molecule has 0 aromatic rings. The maximum atomic E-state index is 2.18. The van der Waals surface area contributed by atoms with E-state index in [1.807, 2.05) is 0 Å². The zero-order valence-corrected chi connectivity index (χ0v) is 4.41. The molecule has 0 bridgehead atoms. The summed E-state index contributed by atoms with van der Waals surface area (Å²) in [6, 6.07) is 0. The molecule has 0 atom stereocenters. The Bertz CT molecular complexity index is 78.2. The van der Waals surface area contributed by atoms with Crippen molar-refractivity contribution in [2.75, 3.05) is 0 Å². The Hall–Kier alpha value is -0.260. The smallest absolute Gasteiger partial charge is 0.0280 e. The van der Waals surface area contributed by atoms with Gasteiger partial charge in [0.05, 0.1) is 0 Å². The highest BCUT2D eigenvalue weighted by Gasteiger charge is 2.10. The van der Waals surface area contributed by atoms with Crippen LogP contribution in [0.15, 0.2) is 11.1 Å². The van der Waals surface area contributed by atoms with Gasteiger partial charge in [0.1, 0.15) is 0 Å². The standard InChI is InChI=1S/C6H10/c1-5(2)6-3-4-6/h3-4H2,1-2H3. The van der Waals surface area contributed by atoms with Gasteiger partial charge in [0, 0.05) is 0 Å². The first-order valence-corrected chi connectivity index (χ1v) is 2.46. The third-order valence-corrected chi connectivity index (χ3v) is 1.21. The summed E-state index contributed by atoms with van der Waals surface area (Å²) in [6.07, 6.45) is 2.75. The van der Waals surface area contributed by atoms with Gasteiger partial charge in [-0.05, 0) is 26.7 Å². The molecule has 0 heterocycles. The average Bonchev–Trinajstić information content (AvgIpc) is 2.06. The first kappa shape index (κ1) is 3.91. The minimum Gasteiger partial charge on any atom is -0.0772 e. The Morgan fingerprint density at radius 2 is 1.83 bits per heavy atom. The molecular weight excluding hydrogens is 72.1 g/mol. The fraction of sp³-hybridized carbons (Fsp3) is 0.667. The molecule has 1 saturated carbocycles. The van der Waals surface area contributed by atoms with Crippen molar-refractivity contribution in [1.29, 1.82) is 0 Å². The summed E-state index contributed by atoms with van der Waals surface area (Å²) in [6.45, 7) is 4.37. The van der Waals surface area contributed by atoms with Crippen LogP contribution in [-0.4, -0.2) is 0 Å². The van der Waals surface area contributed by atoms with E-state index >= 15 is 0 Å². The van der Waals surface area contributed by atoms with E-state index in [9.17, 15) is 0 Å². The second kappa shape index (κ2) is 1.11. The molecule has 0 N–H and O–H groups in total. The number of rotatable bonds is 0. The Kier molecular flexibility index (Phi) is 0.722. The first-order chi connectivity index (χ1) is 2.80. The Morgan fingerprint density at radius 3 is 1.83 bits per heavy atom. The summed E-state index contributed by atoms with van der Waals surface area (Å²) < 4.78 is 0. The first-order valence-electron chi connectivity index (χ1n) is 2.46. The average molecular weight is 82.1 g/mol. The van der Waals surface area contributed by atoms with Crippen molar-refractivity contribution in [2.45, 2.75) is 26.7 Å². The third-order valence-electron chi connectivity index (χ3n) is 1.21. The number of allylic oxidation sites excluding steroid dienone is 2. The molecule has 0 unspecified atom stereocenters. The van der Waals surface area contributed by atoms with E-state index in [-0.39, 0.29) is 0 Å². The van der Waals surface area contributed by atoms with Crippen LogP contribution in [0.5, 0.6) is 0 Å². The van der Waals surface area contributed by atoms with E-state index < -0.39 is 0 Å². The molecule has 1 aliphatic carbocycles. The largest absolute Gasteiger partial charge is 0.0772 e. The maximum Gasteiger partial charge on any atom is -0.0280 e. The van der Waals surface area contributed by atoms with Gasteiger partial charge < -0.3 is 0 Å². The molecule has 1 rings (SSSR count). The summed E-state index contributed by atoms with van der Waals surface area (Å²) >= 11 is 0. The van der Waals surface area contributed by atoms with Crippen LogP contribution in [0.25, 0.3) is 0 Å². The number of hydrogen-bond acceptors (Lipinski definition) is 0. The van der Waals surface area contributed by atoms with Crippen LogP contribution in [0.2, 0.25) is 0 Å². The van der Waals surface area contributed by atoms with E-state index in [4.69, 9.17) is 0 Å². The predicted molar refractivity (Wildman–Crippen MR) is 27.6 cm³/mol. The lowest BCUT2D eigenvalue weighted by Crippen LogP contribution is -1.55. The highest BCUT2D eigenvalue weighted by Crippen LogP contribution is 2.30. The van der Waals surface area contributed by atoms with Crippen LogP contribution in [0.3, 0.4) is 0 Å². The second-order valence-electron chi connectivity index (χ2n) is 2.10. The molecule has 1 fully saturated rings. The van der Waals surface area contributed by atoms with Crippen molar-refractivity contribution in [1.82, 2.24) is 0 Å². The van der Waals surface area contributed by atoms with Crippen LogP contribution < -0.4 is 0 Å². The maximum absolute atomic E-state index is 2.18. The Labute approximate surface area is 38.9 Å². The van der Waals surface area contributed by atoms with Gasteiger partial charge in [-0.1, -0.05) is 11.1 Å². The normalized spacial score (nSPS) is 18.0. The molecule has 0 saturated heterocycles. The SMILES string of the molecule is CC(C)=C1CC1. The summed E-state index contributed by atoms with van der Waals surface area (Å²) in [4.78, 5) is 0.